The summed E-state index contributed by atoms with van der Waals surface area (Å²) in [6, 6.07) is 8.89. The van der Waals surface area contributed by atoms with Gasteiger partial charge >= 0.3 is 5.97 Å². The second kappa shape index (κ2) is 7.52. The lowest BCUT2D eigenvalue weighted by molar-refractivity contribution is -0.384. The summed E-state index contributed by atoms with van der Waals surface area (Å²) in [5, 5.41) is 13.8. The Morgan fingerprint density at radius 2 is 1.81 bits per heavy atom. The number of para-hydroxylation sites is 1. The number of nitro benzene ring substituents is 1. The maximum absolute atomic E-state index is 12.0. The highest BCUT2D eigenvalue weighted by Gasteiger charge is 2.19. The predicted molar refractivity (Wildman–Crippen MR) is 96.2 cm³/mol. The Labute approximate surface area is 150 Å². The molecule has 8 nitrogen and oxygen atoms in total. The summed E-state index contributed by atoms with van der Waals surface area (Å²) >= 11 is 0. The van der Waals surface area contributed by atoms with Crippen molar-refractivity contribution in [2.75, 3.05) is 18.1 Å². The molecule has 0 saturated carbocycles. The first-order chi connectivity index (χ1) is 12.1. The van der Waals surface area contributed by atoms with Crippen molar-refractivity contribution in [3.05, 3.63) is 57.6 Å². The first-order valence-electron chi connectivity index (χ1n) is 7.59. The van der Waals surface area contributed by atoms with Crippen LogP contribution in [-0.4, -0.2) is 32.1 Å². The minimum absolute atomic E-state index is 0.0286. The number of nitrogens with one attached hydrogen (secondary N) is 1. The highest BCUT2D eigenvalue weighted by atomic mass is 32.2. The Kier molecular flexibility index (Phi) is 5.61. The van der Waals surface area contributed by atoms with Gasteiger partial charge in [0.1, 0.15) is 18.0 Å². The van der Waals surface area contributed by atoms with Gasteiger partial charge in [-0.3, -0.25) is 10.1 Å². The van der Waals surface area contributed by atoms with E-state index < -0.39 is 26.4 Å². The van der Waals surface area contributed by atoms with Crippen LogP contribution in [0.5, 0.6) is 5.75 Å². The summed E-state index contributed by atoms with van der Waals surface area (Å²) in [4.78, 5) is 22.3. The van der Waals surface area contributed by atoms with Crippen molar-refractivity contribution >= 4 is 27.2 Å². The number of carbonyl (C=O) groups is 1. The number of aryl methyl sites for hydroxylation is 2. The summed E-state index contributed by atoms with van der Waals surface area (Å²) in [6.07, 6.45) is 0.959. The van der Waals surface area contributed by atoms with Crippen LogP contribution in [0.1, 0.15) is 11.1 Å². The van der Waals surface area contributed by atoms with Crippen LogP contribution in [0.4, 0.5) is 11.4 Å². The molecule has 9 heteroatoms. The van der Waals surface area contributed by atoms with E-state index in [1.54, 1.807) is 26.0 Å². The molecule has 0 aromatic heterocycles. The molecule has 0 unspecified atom stereocenters. The molecule has 0 aliphatic carbocycles. The van der Waals surface area contributed by atoms with Crippen molar-refractivity contribution in [3.63, 3.8) is 0 Å². The van der Waals surface area contributed by atoms with Crippen LogP contribution >= 0.6 is 0 Å². The van der Waals surface area contributed by atoms with Crippen LogP contribution in [0.2, 0.25) is 0 Å². The van der Waals surface area contributed by atoms with Crippen LogP contribution < -0.4 is 10.1 Å². The molecule has 0 saturated heterocycles. The fourth-order valence-corrected chi connectivity index (χ4v) is 2.96. The molecule has 26 heavy (non-hydrogen) atoms. The molecule has 0 radical (unpaired) electrons. The Balaban J connectivity index is 2.16. The quantitative estimate of drug-likeness (QED) is 0.355. The molecular formula is C17H18N2O6S. The highest BCUT2D eigenvalue weighted by Crippen LogP contribution is 2.28. The molecule has 0 amide bonds. The zero-order chi connectivity index (χ0) is 19.5. The number of ether oxygens (including phenoxy) is 1. The van der Waals surface area contributed by atoms with Gasteiger partial charge in [0.25, 0.3) is 5.69 Å². The molecule has 0 aliphatic heterocycles. The van der Waals surface area contributed by atoms with Gasteiger partial charge in [0.15, 0.2) is 9.84 Å². The minimum atomic E-state index is -3.58. The van der Waals surface area contributed by atoms with Crippen molar-refractivity contribution in [1.29, 1.82) is 0 Å². The van der Waals surface area contributed by atoms with Gasteiger partial charge in [-0.2, -0.15) is 0 Å². The molecule has 0 bridgehead atoms. The highest BCUT2D eigenvalue weighted by molar-refractivity contribution is 7.90. The summed E-state index contributed by atoms with van der Waals surface area (Å²) < 4.78 is 28.4. The van der Waals surface area contributed by atoms with E-state index in [4.69, 9.17) is 4.74 Å². The standard InChI is InChI=1S/C17H18N2O6S/c1-11-5-4-6-12(2)17(11)25-16(20)10-18-14-8-7-13(26(3,23)24)9-15(14)19(21)22/h4-9,18H,10H2,1-3H3. The summed E-state index contributed by atoms with van der Waals surface area (Å²) in [7, 11) is -3.58. The molecule has 2 rings (SSSR count). The normalized spacial score (nSPS) is 11.0. The topological polar surface area (TPSA) is 116 Å². The fraction of sp³-hybridized carbons (Fsp3) is 0.235. The van der Waals surface area contributed by atoms with Crippen LogP contribution in [0, 0.1) is 24.0 Å². The van der Waals surface area contributed by atoms with E-state index in [1.165, 1.54) is 12.1 Å². The molecule has 1 N–H and O–H groups in total. The third-order valence-corrected chi connectivity index (χ3v) is 4.75. The number of nitro groups is 1. The molecular weight excluding hydrogens is 360 g/mol. The maximum atomic E-state index is 12.0. The van der Waals surface area contributed by atoms with E-state index >= 15 is 0 Å². The molecule has 0 heterocycles. The lowest BCUT2D eigenvalue weighted by Gasteiger charge is -2.11. The number of nitrogens with zero attached hydrogens (tertiary/aromatic N) is 1. The molecule has 0 fully saturated rings. The van der Waals surface area contributed by atoms with E-state index in [2.05, 4.69) is 5.32 Å². The van der Waals surface area contributed by atoms with Crippen molar-refractivity contribution in [2.45, 2.75) is 18.7 Å². The first-order valence-corrected chi connectivity index (χ1v) is 9.48. The fourth-order valence-electron chi connectivity index (χ4n) is 2.32. The van der Waals surface area contributed by atoms with Crippen LogP contribution in [-0.2, 0) is 14.6 Å². The van der Waals surface area contributed by atoms with Gasteiger partial charge < -0.3 is 10.1 Å². The Bertz CT molecular complexity index is 949. The Hall–Kier alpha value is -2.94. The number of rotatable bonds is 6. The summed E-state index contributed by atoms with van der Waals surface area (Å²) in [5.41, 5.74) is 1.18. The van der Waals surface area contributed by atoms with Gasteiger partial charge in [-0.25, -0.2) is 13.2 Å². The van der Waals surface area contributed by atoms with E-state index in [9.17, 15) is 23.3 Å². The summed E-state index contributed by atoms with van der Waals surface area (Å²) in [5.74, 6) is -0.176. The summed E-state index contributed by atoms with van der Waals surface area (Å²) in [6.45, 7) is 3.29. The number of carbonyl (C=O) groups excluding carboxylic acids is 1. The minimum Gasteiger partial charge on any atom is -0.425 e. The van der Waals surface area contributed by atoms with Gasteiger partial charge in [-0.15, -0.1) is 0 Å². The zero-order valence-electron chi connectivity index (χ0n) is 14.5. The second-order valence-electron chi connectivity index (χ2n) is 5.76. The van der Waals surface area contributed by atoms with Gasteiger partial charge in [0.05, 0.1) is 9.82 Å². The van der Waals surface area contributed by atoms with E-state index in [0.717, 1.165) is 23.4 Å². The molecule has 2 aromatic carbocycles. The average Bonchev–Trinajstić information content (AvgIpc) is 2.55. The van der Waals surface area contributed by atoms with Crippen molar-refractivity contribution < 1.29 is 22.9 Å². The van der Waals surface area contributed by atoms with Crippen molar-refractivity contribution in [1.82, 2.24) is 0 Å². The monoisotopic (exact) mass is 378 g/mol. The van der Waals surface area contributed by atoms with Crippen molar-refractivity contribution in [2.24, 2.45) is 0 Å². The Morgan fingerprint density at radius 3 is 2.35 bits per heavy atom. The van der Waals surface area contributed by atoms with Crippen LogP contribution in [0.3, 0.4) is 0 Å². The molecule has 138 valence electrons. The third-order valence-electron chi connectivity index (χ3n) is 3.64. The van der Waals surface area contributed by atoms with E-state index in [1.807, 2.05) is 6.07 Å². The number of sulfone groups is 1. The first kappa shape index (κ1) is 19.4. The smallest absolute Gasteiger partial charge is 0.330 e. The number of anilines is 1. The molecule has 2 aromatic rings. The number of hydrogen-bond donors (Lipinski definition) is 1. The Morgan fingerprint density at radius 1 is 1.19 bits per heavy atom. The lowest BCUT2D eigenvalue weighted by Crippen LogP contribution is -2.20. The van der Waals surface area contributed by atoms with E-state index in [0.29, 0.717) is 5.75 Å². The van der Waals surface area contributed by atoms with Gasteiger partial charge in [-0.05, 0) is 37.1 Å². The number of esters is 1. The molecule has 0 aliphatic rings. The van der Waals surface area contributed by atoms with Crippen LogP contribution in [0.25, 0.3) is 0 Å². The maximum Gasteiger partial charge on any atom is 0.330 e. The van der Waals surface area contributed by atoms with Crippen LogP contribution in [0.15, 0.2) is 41.3 Å². The number of hydrogen-bond acceptors (Lipinski definition) is 7. The van der Waals surface area contributed by atoms with Gasteiger partial charge in [-0.1, -0.05) is 18.2 Å². The van der Waals surface area contributed by atoms with Crippen molar-refractivity contribution in [3.8, 4) is 5.75 Å². The lowest BCUT2D eigenvalue weighted by atomic mass is 10.1. The average molecular weight is 378 g/mol. The van der Waals surface area contributed by atoms with E-state index in [-0.39, 0.29) is 17.1 Å². The molecule has 0 atom stereocenters. The zero-order valence-corrected chi connectivity index (χ0v) is 15.3. The number of benzene rings is 2. The second-order valence-corrected chi connectivity index (χ2v) is 7.77. The van der Waals surface area contributed by atoms with Gasteiger partial charge in [0.2, 0.25) is 0 Å². The SMILES string of the molecule is Cc1cccc(C)c1OC(=O)CNc1ccc(S(C)(=O)=O)cc1[N+](=O)[O-]. The molecule has 0 spiro atoms. The third kappa shape index (κ3) is 4.57. The largest absolute Gasteiger partial charge is 0.425 e. The van der Waals surface area contributed by atoms with Gasteiger partial charge in [0, 0.05) is 12.3 Å². The predicted octanol–water partition coefficient (Wildman–Crippen LogP) is 2.63.